The summed E-state index contributed by atoms with van der Waals surface area (Å²) in [7, 11) is 0. The van der Waals surface area contributed by atoms with E-state index in [0.717, 1.165) is 49.6 Å². The SMILES string of the molecule is Cc1ccc(C2=NN(C(=O)CN3CCN(Cc4ccccc4)CC3)C(c3cccc(F)c3)C2)cc1C. The van der Waals surface area contributed by atoms with E-state index in [1.54, 1.807) is 11.1 Å². The van der Waals surface area contributed by atoms with Crippen LogP contribution in [0.3, 0.4) is 0 Å². The number of rotatable bonds is 6. The van der Waals surface area contributed by atoms with E-state index in [2.05, 4.69) is 66.1 Å². The highest BCUT2D eigenvalue weighted by atomic mass is 19.1. The number of amides is 1. The summed E-state index contributed by atoms with van der Waals surface area (Å²) in [5.74, 6) is -0.339. The van der Waals surface area contributed by atoms with Gasteiger partial charge in [-0.15, -0.1) is 0 Å². The molecule has 0 bridgehead atoms. The fraction of sp³-hybridized carbons (Fsp3) is 0.333. The summed E-state index contributed by atoms with van der Waals surface area (Å²) in [6, 6.07) is 23.0. The highest BCUT2D eigenvalue weighted by Crippen LogP contribution is 2.33. The summed E-state index contributed by atoms with van der Waals surface area (Å²) in [6.45, 7) is 8.93. The van der Waals surface area contributed by atoms with Crippen LogP contribution in [-0.4, -0.2) is 59.2 Å². The van der Waals surface area contributed by atoms with E-state index in [9.17, 15) is 9.18 Å². The lowest BCUT2D eigenvalue weighted by Gasteiger charge is -2.35. The highest BCUT2D eigenvalue weighted by Gasteiger charge is 2.34. The van der Waals surface area contributed by atoms with Crippen LogP contribution < -0.4 is 0 Å². The van der Waals surface area contributed by atoms with Gasteiger partial charge in [0.05, 0.1) is 18.3 Å². The number of halogens is 1. The third-order valence-electron chi connectivity index (χ3n) is 7.31. The van der Waals surface area contributed by atoms with Gasteiger partial charge in [-0.1, -0.05) is 54.6 Å². The second-order valence-corrected chi connectivity index (χ2v) is 9.90. The lowest BCUT2D eigenvalue weighted by molar-refractivity contribution is -0.134. The molecule has 1 atom stereocenters. The summed E-state index contributed by atoms with van der Waals surface area (Å²) in [6.07, 6.45) is 0.572. The Morgan fingerprint density at radius 3 is 2.36 bits per heavy atom. The maximum absolute atomic E-state index is 14.1. The Labute approximate surface area is 212 Å². The van der Waals surface area contributed by atoms with Crippen molar-refractivity contribution in [2.45, 2.75) is 32.9 Å². The molecule has 0 aliphatic carbocycles. The fourth-order valence-corrected chi connectivity index (χ4v) is 5.02. The zero-order valence-electron chi connectivity index (χ0n) is 21.0. The number of carbonyl (C=O) groups excluding carboxylic acids is 1. The molecule has 3 aromatic carbocycles. The van der Waals surface area contributed by atoms with Crippen LogP contribution in [0.15, 0.2) is 77.9 Å². The molecule has 36 heavy (non-hydrogen) atoms. The predicted octanol–water partition coefficient (Wildman–Crippen LogP) is 4.94. The number of nitrogens with zero attached hydrogens (tertiary/aromatic N) is 4. The van der Waals surface area contributed by atoms with Crippen LogP contribution in [0.25, 0.3) is 0 Å². The van der Waals surface area contributed by atoms with Crippen molar-refractivity contribution in [3.05, 3.63) is 106 Å². The predicted molar refractivity (Wildman–Crippen MR) is 141 cm³/mol. The highest BCUT2D eigenvalue weighted by molar-refractivity contribution is 6.03. The van der Waals surface area contributed by atoms with Crippen molar-refractivity contribution in [3.8, 4) is 0 Å². The molecule has 186 valence electrons. The summed E-state index contributed by atoms with van der Waals surface area (Å²) >= 11 is 0. The number of hydrogen-bond acceptors (Lipinski definition) is 4. The van der Waals surface area contributed by atoms with Gasteiger partial charge in [-0.3, -0.25) is 14.6 Å². The number of aryl methyl sites for hydroxylation is 2. The van der Waals surface area contributed by atoms with Gasteiger partial charge in [0.15, 0.2) is 0 Å². The molecule has 0 spiro atoms. The number of hydrogen-bond donors (Lipinski definition) is 0. The quantitative estimate of drug-likeness (QED) is 0.498. The summed E-state index contributed by atoms with van der Waals surface area (Å²) in [5, 5.41) is 6.39. The summed E-state index contributed by atoms with van der Waals surface area (Å²) in [5.41, 5.74) is 6.38. The lowest BCUT2D eigenvalue weighted by Crippen LogP contribution is -2.49. The first kappa shape index (κ1) is 24.3. The van der Waals surface area contributed by atoms with Crippen molar-refractivity contribution in [2.75, 3.05) is 32.7 Å². The average Bonchev–Trinajstić information content (AvgIpc) is 3.33. The minimum Gasteiger partial charge on any atom is -0.297 e. The number of carbonyl (C=O) groups is 1. The third kappa shape index (κ3) is 5.55. The van der Waals surface area contributed by atoms with Gasteiger partial charge in [0.2, 0.25) is 0 Å². The fourth-order valence-electron chi connectivity index (χ4n) is 5.02. The van der Waals surface area contributed by atoms with Crippen LogP contribution in [0.5, 0.6) is 0 Å². The Bertz CT molecular complexity index is 1250. The first-order valence-corrected chi connectivity index (χ1v) is 12.7. The Balaban J connectivity index is 1.29. The van der Waals surface area contributed by atoms with E-state index in [0.29, 0.717) is 13.0 Å². The molecule has 2 aliphatic rings. The normalized spacial score (nSPS) is 18.9. The smallest absolute Gasteiger partial charge is 0.257 e. The van der Waals surface area contributed by atoms with E-state index in [1.807, 2.05) is 12.1 Å². The van der Waals surface area contributed by atoms with Crippen molar-refractivity contribution in [3.63, 3.8) is 0 Å². The van der Waals surface area contributed by atoms with E-state index < -0.39 is 0 Å². The molecule has 5 rings (SSSR count). The summed E-state index contributed by atoms with van der Waals surface area (Å²) in [4.78, 5) is 18.2. The van der Waals surface area contributed by atoms with Gasteiger partial charge in [-0.05, 0) is 59.9 Å². The Morgan fingerprint density at radius 2 is 1.64 bits per heavy atom. The molecule has 1 fully saturated rings. The minimum atomic E-state index is -0.302. The van der Waals surface area contributed by atoms with Crippen molar-refractivity contribution in [1.82, 2.24) is 14.8 Å². The Morgan fingerprint density at radius 1 is 0.889 bits per heavy atom. The molecule has 1 saturated heterocycles. The van der Waals surface area contributed by atoms with E-state index in [-0.39, 0.29) is 17.8 Å². The molecule has 6 heteroatoms. The van der Waals surface area contributed by atoms with Gasteiger partial charge < -0.3 is 0 Å². The van der Waals surface area contributed by atoms with Crippen LogP contribution in [-0.2, 0) is 11.3 Å². The van der Waals surface area contributed by atoms with Gasteiger partial charge in [-0.2, -0.15) is 5.10 Å². The first-order valence-electron chi connectivity index (χ1n) is 12.7. The Hall–Kier alpha value is -3.35. The van der Waals surface area contributed by atoms with E-state index in [4.69, 9.17) is 5.10 Å². The van der Waals surface area contributed by atoms with Crippen LogP contribution in [0.1, 0.15) is 40.3 Å². The standard InChI is InChI=1S/C30H33FN4O/c1-22-11-12-25(17-23(22)2)28-19-29(26-9-6-10-27(31)18-26)35(32-28)30(36)21-34-15-13-33(14-16-34)20-24-7-4-3-5-8-24/h3-12,17-18,29H,13-16,19-21H2,1-2H3. The van der Waals surface area contributed by atoms with Gasteiger partial charge in [0, 0.05) is 39.1 Å². The van der Waals surface area contributed by atoms with Gasteiger partial charge in [-0.25, -0.2) is 9.40 Å². The first-order chi connectivity index (χ1) is 17.5. The molecule has 1 unspecified atom stereocenters. The minimum absolute atomic E-state index is 0.0420. The largest absolute Gasteiger partial charge is 0.297 e. The molecular weight excluding hydrogens is 451 g/mol. The second kappa shape index (κ2) is 10.7. The molecule has 0 N–H and O–H groups in total. The zero-order valence-corrected chi connectivity index (χ0v) is 21.0. The molecular formula is C30H33FN4O. The molecule has 0 aromatic heterocycles. The summed E-state index contributed by atoms with van der Waals surface area (Å²) < 4.78 is 14.1. The maximum atomic E-state index is 14.1. The molecule has 2 heterocycles. The van der Waals surface area contributed by atoms with Crippen LogP contribution in [0.4, 0.5) is 4.39 Å². The monoisotopic (exact) mass is 484 g/mol. The molecule has 2 aliphatic heterocycles. The maximum Gasteiger partial charge on any atom is 0.257 e. The second-order valence-electron chi connectivity index (χ2n) is 9.90. The molecule has 5 nitrogen and oxygen atoms in total. The van der Waals surface area contributed by atoms with Gasteiger partial charge in [0.1, 0.15) is 5.82 Å². The van der Waals surface area contributed by atoms with Crippen molar-refractivity contribution < 1.29 is 9.18 Å². The van der Waals surface area contributed by atoms with E-state index in [1.165, 1.54) is 28.8 Å². The molecule has 3 aromatic rings. The third-order valence-corrected chi connectivity index (χ3v) is 7.31. The van der Waals surface area contributed by atoms with E-state index >= 15 is 0 Å². The van der Waals surface area contributed by atoms with Crippen molar-refractivity contribution in [2.24, 2.45) is 5.10 Å². The van der Waals surface area contributed by atoms with Crippen LogP contribution >= 0.6 is 0 Å². The number of piperazine rings is 1. The zero-order chi connectivity index (χ0) is 25.1. The van der Waals surface area contributed by atoms with Crippen LogP contribution in [0.2, 0.25) is 0 Å². The van der Waals surface area contributed by atoms with Crippen molar-refractivity contribution >= 4 is 11.6 Å². The average molecular weight is 485 g/mol. The number of hydrazone groups is 1. The molecule has 1 amide bonds. The Kier molecular flexibility index (Phi) is 7.25. The molecule has 0 radical (unpaired) electrons. The molecule has 0 saturated carbocycles. The topological polar surface area (TPSA) is 39.2 Å². The van der Waals surface area contributed by atoms with Crippen LogP contribution in [0, 0.1) is 19.7 Å². The lowest BCUT2D eigenvalue weighted by atomic mass is 9.96. The number of benzene rings is 3. The van der Waals surface area contributed by atoms with Gasteiger partial charge >= 0.3 is 0 Å². The van der Waals surface area contributed by atoms with Gasteiger partial charge in [0.25, 0.3) is 5.91 Å². The van der Waals surface area contributed by atoms with Crippen molar-refractivity contribution in [1.29, 1.82) is 0 Å².